The summed E-state index contributed by atoms with van der Waals surface area (Å²) in [6.45, 7) is 6.16. The molecule has 4 heteroatoms. The average molecular weight is 357 g/mol. The van der Waals surface area contributed by atoms with Crippen LogP contribution in [0.15, 0.2) is 48.5 Å². The zero-order valence-corrected chi connectivity index (χ0v) is 16.0. The zero-order valence-electron chi connectivity index (χ0n) is 16.0. The predicted octanol–water partition coefficient (Wildman–Crippen LogP) is 4.57. The van der Waals surface area contributed by atoms with Gasteiger partial charge >= 0.3 is 0 Å². The maximum atomic E-state index is 5.90. The Morgan fingerprint density at radius 1 is 0.885 bits per heavy atom. The summed E-state index contributed by atoms with van der Waals surface area (Å²) in [4.78, 5) is 0. The van der Waals surface area contributed by atoms with Crippen LogP contribution in [0.5, 0.6) is 11.5 Å². The molecule has 26 heavy (non-hydrogen) atoms. The number of benzene rings is 2. The van der Waals surface area contributed by atoms with E-state index < -0.39 is 0 Å². The lowest BCUT2D eigenvalue weighted by atomic mass is 10.2. The van der Waals surface area contributed by atoms with Crippen LogP contribution >= 0.6 is 0 Å². The first kappa shape index (κ1) is 20.3. The van der Waals surface area contributed by atoms with E-state index in [0.717, 1.165) is 56.2 Å². The highest BCUT2D eigenvalue weighted by Gasteiger charge is 2.06. The van der Waals surface area contributed by atoms with Crippen LogP contribution in [0.1, 0.15) is 37.3 Å². The van der Waals surface area contributed by atoms with E-state index in [9.17, 15) is 0 Å². The molecule has 0 aliphatic rings. The van der Waals surface area contributed by atoms with Gasteiger partial charge in [0.1, 0.15) is 6.61 Å². The first-order chi connectivity index (χ1) is 12.8. The fraction of sp³-hybridized carbons (Fsp3) is 0.455. The monoisotopic (exact) mass is 357 g/mol. The van der Waals surface area contributed by atoms with E-state index in [0.29, 0.717) is 6.61 Å². The van der Waals surface area contributed by atoms with Crippen LogP contribution in [0.4, 0.5) is 0 Å². The Bertz CT molecular complexity index is 616. The van der Waals surface area contributed by atoms with Gasteiger partial charge in [0.05, 0.1) is 7.11 Å². The van der Waals surface area contributed by atoms with Gasteiger partial charge in [-0.05, 0) is 42.6 Å². The van der Waals surface area contributed by atoms with Gasteiger partial charge in [0.25, 0.3) is 0 Å². The van der Waals surface area contributed by atoms with Gasteiger partial charge in [-0.25, -0.2) is 0 Å². The lowest BCUT2D eigenvalue weighted by Crippen LogP contribution is -2.16. The van der Waals surface area contributed by atoms with E-state index in [-0.39, 0.29) is 0 Å². The molecular formula is C22H31NO3. The van der Waals surface area contributed by atoms with Crippen molar-refractivity contribution in [3.05, 3.63) is 59.7 Å². The highest BCUT2D eigenvalue weighted by atomic mass is 16.5. The van der Waals surface area contributed by atoms with E-state index in [1.165, 1.54) is 12.0 Å². The summed E-state index contributed by atoms with van der Waals surface area (Å²) in [5, 5.41) is 3.44. The van der Waals surface area contributed by atoms with Crippen molar-refractivity contribution in [3.8, 4) is 11.5 Å². The van der Waals surface area contributed by atoms with Crippen molar-refractivity contribution in [2.24, 2.45) is 0 Å². The van der Waals surface area contributed by atoms with Crippen molar-refractivity contribution in [3.63, 3.8) is 0 Å². The van der Waals surface area contributed by atoms with Crippen molar-refractivity contribution < 1.29 is 14.2 Å². The fourth-order valence-electron chi connectivity index (χ4n) is 2.56. The third kappa shape index (κ3) is 7.46. The average Bonchev–Trinajstić information content (AvgIpc) is 2.69. The Labute approximate surface area is 157 Å². The van der Waals surface area contributed by atoms with Crippen LogP contribution < -0.4 is 14.8 Å². The molecule has 0 atom stereocenters. The van der Waals surface area contributed by atoms with Crippen LogP contribution in [0.25, 0.3) is 0 Å². The first-order valence-electron chi connectivity index (χ1n) is 9.45. The largest absolute Gasteiger partial charge is 0.493 e. The molecule has 0 heterocycles. The molecule has 2 rings (SSSR count). The lowest BCUT2D eigenvalue weighted by Gasteiger charge is -2.13. The number of hydrogen-bond acceptors (Lipinski definition) is 4. The van der Waals surface area contributed by atoms with Crippen LogP contribution in [0.3, 0.4) is 0 Å². The molecule has 0 unspecified atom stereocenters. The van der Waals surface area contributed by atoms with E-state index >= 15 is 0 Å². The topological polar surface area (TPSA) is 39.7 Å². The van der Waals surface area contributed by atoms with E-state index in [2.05, 4.69) is 30.4 Å². The number of hydrogen-bond donors (Lipinski definition) is 1. The Morgan fingerprint density at radius 3 is 2.46 bits per heavy atom. The molecule has 0 radical (unpaired) electrons. The summed E-state index contributed by atoms with van der Waals surface area (Å²) in [7, 11) is 1.68. The molecule has 0 aliphatic carbocycles. The Morgan fingerprint density at radius 2 is 1.69 bits per heavy atom. The second-order valence-electron chi connectivity index (χ2n) is 6.26. The summed E-state index contributed by atoms with van der Waals surface area (Å²) < 4.78 is 16.9. The SMILES string of the molecule is CCCCOCCCNCc1ccc(OCc2ccccc2)c(OC)c1. The lowest BCUT2D eigenvalue weighted by molar-refractivity contribution is 0.129. The smallest absolute Gasteiger partial charge is 0.161 e. The molecular weight excluding hydrogens is 326 g/mol. The molecule has 0 saturated heterocycles. The van der Waals surface area contributed by atoms with Gasteiger partial charge in [-0.1, -0.05) is 49.7 Å². The molecule has 0 aliphatic heterocycles. The molecule has 2 aromatic carbocycles. The summed E-state index contributed by atoms with van der Waals surface area (Å²) in [6.07, 6.45) is 3.36. The Hall–Kier alpha value is -2.04. The van der Waals surface area contributed by atoms with E-state index in [4.69, 9.17) is 14.2 Å². The van der Waals surface area contributed by atoms with Gasteiger partial charge in [0.2, 0.25) is 0 Å². The summed E-state index contributed by atoms with van der Waals surface area (Å²) in [5.74, 6) is 1.53. The third-order valence-electron chi connectivity index (χ3n) is 4.08. The summed E-state index contributed by atoms with van der Waals surface area (Å²) in [5.41, 5.74) is 2.32. The molecule has 4 nitrogen and oxygen atoms in total. The standard InChI is InChI=1S/C22H31NO3/c1-3-4-14-25-15-8-13-23-17-20-11-12-21(22(16-20)24-2)26-18-19-9-6-5-7-10-19/h5-7,9-12,16,23H,3-4,8,13-15,17-18H2,1-2H3. The number of unbranched alkanes of at least 4 members (excludes halogenated alkanes) is 1. The molecule has 1 N–H and O–H groups in total. The van der Waals surface area contributed by atoms with Crippen molar-refractivity contribution in [1.82, 2.24) is 5.32 Å². The summed E-state index contributed by atoms with van der Waals surface area (Å²) >= 11 is 0. The number of rotatable bonds is 13. The Kier molecular flexibility index (Phi) is 9.62. The van der Waals surface area contributed by atoms with E-state index in [1.807, 2.05) is 30.3 Å². The molecule has 142 valence electrons. The van der Waals surface area contributed by atoms with Crippen molar-refractivity contribution in [2.75, 3.05) is 26.9 Å². The highest BCUT2D eigenvalue weighted by molar-refractivity contribution is 5.43. The minimum absolute atomic E-state index is 0.535. The van der Waals surface area contributed by atoms with Crippen LogP contribution in [-0.2, 0) is 17.9 Å². The van der Waals surface area contributed by atoms with Gasteiger partial charge in [-0.3, -0.25) is 0 Å². The van der Waals surface area contributed by atoms with Crippen molar-refractivity contribution in [2.45, 2.75) is 39.3 Å². The summed E-state index contributed by atoms with van der Waals surface area (Å²) in [6, 6.07) is 16.2. The Balaban J connectivity index is 1.73. The fourth-order valence-corrected chi connectivity index (χ4v) is 2.56. The van der Waals surface area contributed by atoms with Gasteiger partial charge in [0.15, 0.2) is 11.5 Å². The van der Waals surface area contributed by atoms with Crippen LogP contribution in [0, 0.1) is 0 Å². The molecule has 0 bridgehead atoms. The van der Waals surface area contributed by atoms with Crippen molar-refractivity contribution >= 4 is 0 Å². The van der Waals surface area contributed by atoms with Crippen molar-refractivity contribution in [1.29, 1.82) is 0 Å². The van der Waals surface area contributed by atoms with Gasteiger partial charge in [-0.15, -0.1) is 0 Å². The number of ether oxygens (including phenoxy) is 3. The number of nitrogens with one attached hydrogen (secondary N) is 1. The molecule has 0 saturated carbocycles. The molecule has 0 fully saturated rings. The maximum absolute atomic E-state index is 5.90. The molecule has 0 spiro atoms. The second kappa shape index (κ2) is 12.3. The van der Waals surface area contributed by atoms with Gasteiger partial charge < -0.3 is 19.5 Å². The third-order valence-corrected chi connectivity index (χ3v) is 4.08. The quantitative estimate of drug-likeness (QED) is 0.533. The molecule has 2 aromatic rings. The van der Waals surface area contributed by atoms with Crippen LogP contribution in [0.2, 0.25) is 0 Å². The maximum Gasteiger partial charge on any atom is 0.161 e. The minimum atomic E-state index is 0.535. The first-order valence-corrected chi connectivity index (χ1v) is 9.45. The van der Waals surface area contributed by atoms with Gasteiger partial charge in [0, 0.05) is 19.8 Å². The molecule has 0 amide bonds. The minimum Gasteiger partial charge on any atom is -0.493 e. The van der Waals surface area contributed by atoms with Gasteiger partial charge in [-0.2, -0.15) is 0 Å². The molecule has 0 aromatic heterocycles. The van der Waals surface area contributed by atoms with Crippen LogP contribution in [-0.4, -0.2) is 26.9 Å². The zero-order chi connectivity index (χ0) is 18.5. The number of methoxy groups -OCH3 is 1. The second-order valence-corrected chi connectivity index (χ2v) is 6.26. The predicted molar refractivity (Wildman–Crippen MR) is 106 cm³/mol. The van der Waals surface area contributed by atoms with E-state index in [1.54, 1.807) is 7.11 Å². The normalized spacial score (nSPS) is 10.7. The highest BCUT2D eigenvalue weighted by Crippen LogP contribution is 2.28.